The molecule has 0 radical (unpaired) electrons. The quantitative estimate of drug-likeness (QED) is 0.761. The van der Waals surface area contributed by atoms with Crippen molar-refractivity contribution < 1.29 is 22.7 Å². The van der Waals surface area contributed by atoms with Gasteiger partial charge in [0, 0.05) is 31.1 Å². The first-order chi connectivity index (χ1) is 9.78. The van der Waals surface area contributed by atoms with Crippen molar-refractivity contribution >= 4 is 5.91 Å². The molecule has 0 bridgehead atoms. The van der Waals surface area contributed by atoms with Crippen LogP contribution in [0.15, 0.2) is 24.3 Å². The predicted molar refractivity (Wildman–Crippen MR) is 72.7 cm³/mol. The van der Waals surface area contributed by atoms with Gasteiger partial charge >= 0.3 is 6.36 Å². The van der Waals surface area contributed by atoms with Gasteiger partial charge in [0.15, 0.2) is 0 Å². The third-order valence-electron chi connectivity index (χ3n) is 2.49. The molecule has 0 aliphatic rings. The lowest BCUT2D eigenvalue weighted by Crippen LogP contribution is -2.32. The monoisotopic (exact) mass is 304 g/mol. The number of rotatable bonds is 7. The van der Waals surface area contributed by atoms with Gasteiger partial charge in [0.05, 0.1) is 0 Å². The molecule has 1 amide bonds. The number of alkyl halides is 3. The van der Waals surface area contributed by atoms with Gasteiger partial charge in [-0.15, -0.1) is 13.2 Å². The summed E-state index contributed by atoms with van der Waals surface area (Å²) in [4.78, 5) is 11.4. The van der Waals surface area contributed by atoms with Crippen molar-refractivity contribution in [2.24, 2.45) is 0 Å². The molecular formula is C14H19F3N2O2. The molecule has 21 heavy (non-hydrogen) atoms. The van der Waals surface area contributed by atoms with E-state index >= 15 is 0 Å². The highest BCUT2D eigenvalue weighted by atomic mass is 19.4. The smallest absolute Gasteiger partial charge is 0.405 e. The van der Waals surface area contributed by atoms with Crippen LogP contribution in [0.4, 0.5) is 13.2 Å². The Hall–Kier alpha value is -1.76. The van der Waals surface area contributed by atoms with E-state index in [9.17, 15) is 18.0 Å². The molecule has 0 heterocycles. The van der Waals surface area contributed by atoms with E-state index in [0.29, 0.717) is 12.1 Å². The predicted octanol–water partition coefficient (Wildman–Crippen LogP) is 2.59. The lowest BCUT2D eigenvalue weighted by Gasteiger charge is -2.13. The maximum Gasteiger partial charge on any atom is 0.573 e. The lowest BCUT2D eigenvalue weighted by atomic mass is 10.2. The molecule has 0 spiro atoms. The summed E-state index contributed by atoms with van der Waals surface area (Å²) < 4.78 is 40.7. The molecule has 0 saturated heterocycles. The second-order valence-corrected chi connectivity index (χ2v) is 4.80. The maximum absolute atomic E-state index is 12.2. The summed E-state index contributed by atoms with van der Waals surface area (Å²) in [6.07, 6.45) is -4.45. The molecule has 4 nitrogen and oxygen atoms in total. The molecule has 1 rings (SSSR count). The Kier molecular flexibility index (Phi) is 6.48. The number of amides is 1. The van der Waals surface area contributed by atoms with Gasteiger partial charge in [0.25, 0.3) is 0 Å². The third kappa shape index (κ3) is 7.55. The zero-order valence-corrected chi connectivity index (χ0v) is 12.0. The largest absolute Gasteiger partial charge is 0.573 e. The number of benzene rings is 1. The fraction of sp³-hybridized carbons (Fsp3) is 0.500. The molecule has 0 saturated carbocycles. The fourth-order valence-corrected chi connectivity index (χ4v) is 1.69. The van der Waals surface area contributed by atoms with Gasteiger partial charge in [-0.05, 0) is 19.9 Å². The maximum atomic E-state index is 12.2. The Balaban J connectivity index is 2.43. The first kappa shape index (κ1) is 17.3. The van der Waals surface area contributed by atoms with E-state index in [0.717, 1.165) is 0 Å². The minimum Gasteiger partial charge on any atom is -0.405 e. The number of carbonyl (C=O) groups is 1. The summed E-state index contributed by atoms with van der Waals surface area (Å²) in [5, 5.41) is 5.66. The molecule has 7 heteroatoms. The van der Waals surface area contributed by atoms with E-state index in [-0.39, 0.29) is 30.7 Å². The van der Waals surface area contributed by atoms with Crippen LogP contribution in [-0.2, 0) is 11.3 Å². The van der Waals surface area contributed by atoms with E-state index in [1.807, 2.05) is 13.8 Å². The minimum absolute atomic E-state index is 0.0680. The molecule has 0 aliphatic heterocycles. The van der Waals surface area contributed by atoms with Crippen molar-refractivity contribution in [3.63, 3.8) is 0 Å². The van der Waals surface area contributed by atoms with Gasteiger partial charge in [0.2, 0.25) is 5.91 Å². The summed E-state index contributed by atoms with van der Waals surface area (Å²) in [5.74, 6) is -0.332. The van der Waals surface area contributed by atoms with Gasteiger partial charge < -0.3 is 15.4 Å². The van der Waals surface area contributed by atoms with E-state index in [1.165, 1.54) is 12.1 Å². The van der Waals surface area contributed by atoms with Crippen LogP contribution >= 0.6 is 0 Å². The number of halogens is 3. The van der Waals surface area contributed by atoms with E-state index < -0.39 is 6.36 Å². The van der Waals surface area contributed by atoms with Crippen LogP contribution in [0.1, 0.15) is 25.8 Å². The van der Waals surface area contributed by atoms with Crippen LogP contribution in [0, 0.1) is 0 Å². The van der Waals surface area contributed by atoms with Crippen LogP contribution in [0.2, 0.25) is 0 Å². The number of carbonyl (C=O) groups excluding carboxylic acids is 1. The molecule has 1 aromatic rings. The highest BCUT2D eigenvalue weighted by Gasteiger charge is 2.31. The standard InChI is InChI=1S/C14H19F3N2O2/c1-10(2)19-13(20)7-8-18-9-11-5-3-4-6-12(11)21-14(15,16)17/h3-6,10,18H,7-9H2,1-2H3,(H,19,20). The molecule has 0 aliphatic carbocycles. The molecule has 0 atom stereocenters. The van der Waals surface area contributed by atoms with Crippen LogP contribution in [-0.4, -0.2) is 24.9 Å². The first-order valence-corrected chi connectivity index (χ1v) is 6.61. The Labute approximate surface area is 121 Å². The highest BCUT2D eigenvalue weighted by Crippen LogP contribution is 2.25. The average molecular weight is 304 g/mol. The summed E-state index contributed by atoms with van der Waals surface area (Å²) in [5.41, 5.74) is 0.388. The van der Waals surface area contributed by atoms with Crippen molar-refractivity contribution in [2.75, 3.05) is 6.54 Å². The van der Waals surface area contributed by atoms with Crippen LogP contribution < -0.4 is 15.4 Å². The normalized spacial score (nSPS) is 11.5. The molecule has 2 N–H and O–H groups in total. The lowest BCUT2D eigenvalue weighted by molar-refractivity contribution is -0.274. The van der Waals surface area contributed by atoms with Gasteiger partial charge in [-0.25, -0.2) is 0 Å². The zero-order chi connectivity index (χ0) is 15.9. The molecule has 0 unspecified atom stereocenters. The van der Waals surface area contributed by atoms with Crippen molar-refractivity contribution in [1.29, 1.82) is 0 Å². The summed E-state index contributed by atoms with van der Waals surface area (Å²) in [6.45, 7) is 4.28. The van der Waals surface area contributed by atoms with Crippen molar-refractivity contribution in [3.8, 4) is 5.75 Å². The zero-order valence-electron chi connectivity index (χ0n) is 12.0. The molecule has 1 aromatic carbocycles. The Bertz CT molecular complexity index is 462. The second-order valence-electron chi connectivity index (χ2n) is 4.80. The van der Waals surface area contributed by atoms with Gasteiger partial charge in [-0.3, -0.25) is 4.79 Å². The summed E-state index contributed by atoms with van der Waals surface area (Å²) in [7, 11) is 0. The topological polar surface area (TPSA) is 50.4 Å². The molecule has 118 valence electrons. The minimum atomic E-state index is -4.72. The third-order valence-corrected chi connectivity index (χ3v) is 2.49. The van der Waals surface area contributed by atoms with Gasteiger partial charge in [-0.1, -0.05) is 18.2 Å². The van der Waals surface area contributed by atoms with E-state index in [2.05, 4.69) is 15.4 Å². The first-order valence-electron chi connectivity index (χ1n) is 6.61. The van der Waals surface area contributed by atoms with Gasteiger partial charge in [0.1, 0.15) is 5.75 Å². The number of nitrogens with one attached hydrogen (secondary N) is 2. The highest BCUT2D eigenvalue weighted by molar-refractivity contribution is 5.76. The number of hydrogen-bond acceptors (Lipinski definition) is 3. The van der Waals surface area contributed by atoms with Crippen LogP contribution in [0.5, 0.6) is 5.75 Å². The Morgan fingerprint density at radius 3 is 2.57 bits per heavy atom. The number of hydrogen-bond donors (Lipinski definition) is 2. The van der Waals surface area contributed by atoms with Crippen LogP contribution in [0.25, 0.3) is 0 Å². The van der Waals surface area contributed by atoms with Crippen molar-refractivity contribution in [2.45, 2.75) is 39.2 Å². The summed E-state index contributed by atoms with van der Waals surface area (Å²) >= 11 is 0. The molecular weight excluding hydrogens is 285 g/mol. The summed E-state index contributed by atoms with van der Waals surface area (Å²) in [6, 6.07) is 5.98. The molecule has 0 fully saturated rings. The molecule has 0 aromatic heterocycles. The van der Waals surface area contributed by atoms with Crippen molar-refractivity contribution in [3.05, 3.63) is 29.8 Å². The Morgan fingerprint density at radius 2 is 1.95 bits per heavy atom. The SMILES string of the molecule is CC(C)NC(=O)CCNCc1ccccc1OC(F)(F)F. The van der Waals surface area contributed by atoms with E-state index in [1.54, 1.807) is 12.1 Å². The van der Waals surface area contributed by atoms with Gasteiger partial charge in [-0.2, -0.15) is 0 Å². The average Bonchev–Trinajstić information content (AvgIpc) is 2.33. The number of para-hydroxylation sites is 1. The second kappa shape index (κ2) is 7.87. The van der Waals surface area contributed by atoms with Crippen molar-refractivity contribution in [1.82, 2.24) is 10.6 Å². The van der Waals surface area contributed by atoms with E-state index in [4.69, 9.17) is 0 Å². The number of ether oxygens (including phenoxy) is 1. The van der Waals surface area contributed by atoms with Crippen LogP contribution in [0.3, 0.4) is 0 Å². The Morgan fingerprint density at radius 1 is 1.29 bits per heavy atom. The fourth-order valence-electron chi connectivity index (χ4n) is 1.69.